The van der Waals surface area contributed by atoms with E-state index in [0.29, 0.717) is 31.9 Å². The highest BCUT2D eigenvalue weighted by Crippen LogP contribution is 2.15. The van der Waals surface area contributed by atoms with Crippen LogP contribution in [-0.4, -0.2) is 60.8 Å². The standard InChI is InChI=1S/C11H15N3O3/c1-3-8-9(12-13(2)10(8)15)11(16)14-4-6-17-7-5-14/h3H,4-7H2,1-2H3/b8-3-. The molecule has 17 heavy (non-hydrogen) atoms. The van der Waals surface area contributed by atoms with Gasteiger partial charge in [0.2, 0.25) is 0 Å². The van der Waals surface area contributed by atoms with Gasteiger partial charge < -0.3 is 9.64 Å². The zero-order valence-electron chi connectivity index (χ0n) is 9.97. The number of amides is 2. The van der Waals surface area contributed by atoms with Gasteiger partial charge in [0, 0.05) is 20.1 Å². The highest BCUT2D eigenvalue weighted by molar-refractivity contribution is 6.52. The van der Waals surface area contributed by atoms with Gasteiger partial charge in [0.25, 0.3) is 11.8 Å². The van der Waals surface area contributed by atoms with Gasteiger partial charge in [0.15, 0.2) is 5.71 Å². The average molecular weight is 237 g/mol. The summed E-state index contributed by atoms with van der Waals surface area (Å²) >= 11 is 0. The molecule has 92 valence electrons. The zero-order chi connectivity index (χ0) is 12.4. The Labute approximate surface area is 99.5 Å². The van der Waals surface area contributed by atoms with Crippen molar-refractivity contribution in [1.82, 2.24) is 9.91 Å². The molecule has 0 atom stereocenters. The molecule has 0 radical (unpaired) electrons. The van der Waals surface area contributed by atoms with Gasteiger partial charge in [0.1, 0.15) is 0 Å². The molecule has 0 unspecified atom stereocenters. The van der Waals surface area contributed by atoms with E-state index >= 15 is 0 Å². The second kappa shape index (κ2) is 4.67. The monoisotopic (exact) mass is 237 g/mol. The van der Waals surface area contributed by atoms with Crippen LogP contribution in [0.25, 0.3) is 0 Å². The molecular formula is C11H15N3O3. The first-order valence-corrected chi connectivity index (χ1v) is 5.55. The first-order valence-electron chi connectivity index (χ1n) is 5.55. The van der Waals surface area contributed by atoms with Crippen LogP contribution in [0, 0.1) is 0 Å². The van der Waals surface area contributed by atoms with Gasteiger partial charge >= 0.3 is 0 Å². The SMILES string of the molecule is C/C=C1\C(=O)N(C)N=C1C(=O)N1CCOCC1. The van der Waals surface area contributed by atoms with E-state index in [9.17, 15) is 9.59 Å². The molecule has 1 saturated heterocycles. The molecule has 0 aromatic carbocycles. The number of likely N-dealkylation sites (N-methyl/N-ethyl adjacent to an activating group) is 1. The Morgan fingerprint density at radius 3 is 2.65 bits per heavy atom. The van der Waals surface area contributed by atoms with Crippen molar-refractivity contribution in [3.8, 4) is 0 Å². The first kappa shape index (κ1) is 11.8. The molecule has 2 rings (SSSR count). The largest absolute Gasteiger partial charge is 0.378 e. The highest BCUT2D eigenvalue weighted by atomic mass is 16.5. The molecule has 0 aliphatic carbocycles. The lowest BCUT2D eigenvalue weighted by Crippen LogP contribution is -2.44. The molecule has 0 N–H and O–H groups in total. The number of rotatable bonds is 1. The minimum Gasteiger partial charge on any atom is -0.378 e. The second-order valence-electron chi connectivity index (χ2n) is 3.88. The van der Waals surface area contributed by atoms with Crippen LogP contribution in [0.4, 0.5) is 0 Å². The molecule has 0 aromatic rings. The summed E-state index contributed by atoms with van der Waals surface area (Å²) in [5, 5.41) is 5.19. The van der Waals surface area contributed by atoms with Crippen LogP contribution in [0.15, 0.2) is 16.8 Å². The summed E-state index contributed by atoms with van der Waals surface area (Å²) in [6.45, 7) is 3.90. The molecule has 0 saturated carbocycles. The molecule has 0 spiro atoms. The number of nitrogens with zero attached hydrogens (tertiary/aromatic N) is 3. The van der Waals surface area contributed by atoms with Gasteiger partial charge in [-0.1, -0.05) is 6.08 Å². The number of allylic oxidation sites excluding steroid dienone is 1. The lowest BCUT2D eigenvalue weighted by Gasteiger charge is -2.26. The van der Waals surface area contributed by atoms with Crippen molar-refractivity contribution in [2.75, 3.05) is 33.4 Å². The summed E-state index contributed by atoms with van der Waals surface area (Å²) in [4.78, 5) is 25.5. The molecule has 2 aliphatic rings. The van der Waals surface area contributed by atoms with Crippen molar-refractivity contribution < 1.29 is 14.3 Å². The molecule has 2 aliphatic heterocycles. The molecule has 2 amide bonds. The number of carbonyl (C=O) groups is 2. The summed E-state index contributed by atoms with van der Waals surface area (Å²) < 4.78 is 5.18. The number of hydrogen-bond acceptors (Lipinski definition) is 4. The van der Waals surface area contributed by atoms with E-state index < -0.39 is 0 Å². The van der Waals surface area contributed by atoms with Crippen LogP contribution < -0.4 is 0 Å². The predicted octanol–water partition coefficient (Wildman–Crippen LogP) is -0.381. The molecule has 6 nitrogen and oxygen atoms in total. The van der Waals surface area contributed by atoms with Gasteiger partial charge in [-0.15, -0.1) is 0 Å². The second-order valence-corrected chi connectivity index (χ2v) is 3.88. The molecule has 0 bridgehead atoms. The van der Waals surface area contributed by atoms with E-state index in [4.69, 9.17) is 4.74 Å². The van der Waals surface area contributed by atoms with Crippen LogP contribution in [0.2, 0.25) is 0 Å². The number of hydrogen-bond donors (Lipinski definition) is 0. The number of carbonyl (C=O) groups excluding carboxylic acids is 2. The first-order chi connectivity index (χ1) is 8.15. The van der Waals surface area contributed by atoms with Gasteiger partial charge in [-0.25, -0.2) is 5.01 Å². The number of hydrazone groups is 1. The maximum absolute atomic E-state index is 12.2. The van der Waals surface area contributed by atoms with Crippen molar-refractivity contribution in [2.45, 2.75) is 6.92 Å². The van der Waals surface area contributed by atoms with Crippen molar-refractivity contribution in [3.63, 3.8) is 0 Å². The van der Waals surface area contributed by atoms with E-state index in [0.717, 1.165) is 0 Å². The maximum Gasteiger partial charge on any atom is 0.275 e. The fourth-order valence-electron chi connectivity index (χ4n) is 1.86. The summed E-state index contributed by atoms with van der Waals surface area (Å²) in [5.41, 5.74) is 0.617. The third-order valence-corrected chi connectivity index (χ3v) is 2.82. The molecule has 0 aromatic heterocycles. The minimum absolute atomic E-state index is 0.195. The van der Waals surface area contributed by atoms with Gasteiger partial charge in [0.05, 0.1) is 18.8 Å². The Bertz CT molecular complexity index is 408. The van der Waals surface area contributed by atoms with Crippen LogP contribution in [0.1, 0.15) is 6.92 Å². The van der Waals surface area contributed by atoms with Crippen molar-refractivity contribution >= 4 is 17.5 Å². The highest BCUT2D eigenvalue weighted by Gasteiger charge is 2.34. The van der Waals surface area contributed by atoms with E-state index in [2.05, 4.69) is 5.10 Å². The smallest absolute Gasteiger partial charge is 0.275 e. The summed E-state index contributed by atoms with van der Waals surface area (Å²) in [6.07, 6.45) is 1.63. The Kier molecular flexibility index (Phi) is 3.23. The van der Waals surface area contributed by atoms with Crippen LogP contribution in [-0.2, 0) is 14.3 Å². The number of ether oxygens (including phenoxy) is 1. The lowest BCUT2D eigenvalue weighted by molar-refractivity contribution is -0.128. The Balaban J connectivity index is 2.19. The fourth-order valence-corrected chi connectivity index (χ4v) is 1.86. The zero-order valence-corrected chi connectivity index (χ0v) is 9.97. The predicted molar refractivity (Wildman–Crippen MR) is 61.4 cm³/mol. The van der Waals surface area contributed by atoms with Crippen LogP contribution >= 0.6 is 0 Å². The summed E-state index contributed by atoms with van der Waals surface area (Å²) in [7, 11) is 1.55. The van der Waals surface area contributed by atoms with Crippen LogP contribution in [0.3, 0.4) is 0 Å². The van der Waals surface area contributed by atoms with E-state index in [1.165, 1.54) is 5.01 Å². The Hall–Kier alpha value is -1.69. The Morgan fingerprint density at radius 1 is 1.41 bits per heavy atom. The Morgan fingerprint density at radius 2 is 2.06 bits per heavy atom. The third-order valence-electron chi connectivity index (χ3n) is 2.82. The van der Waals surface area contributed by atoms with Crippen molar-refractivity contribution in [1.29, 1.82) is 0 Å². The van der Waals surface area contributed by atoms with Crippen molar-refractivity contribution in [2.24, 2.45) is 5.10 Å². The van der Waals surface area contributed by atoms with E-state index in [-0.39, 0.29) is 17.5 Å². The molecule has 6 heteroatoms. The molecular weight excluding hydrogens is 222 g/mol. The minimum atomic E-state index is -0.232. The van der Waals surface area contributed by atoms with E-state index in [1.807, 2.05) is 0 Å². The summed E-state index contributed by atoms with van der Waals surface area (Å²) in [6, 6.07) is 0. The van der Waals surface area contributed by atoms with Crippen molar-refractivity contribution in [3.05, 3.63) is 11.6 Å². The van der Waals surface area contributed by atoms with Gasteiger partial charge in [-0.2, -0.15) is 5.10 Å². The lowest BCUT2D eigenvalue weighted by atomic mass is 10.1. The molecule has 2 heterocycles. The topological polar surface area (TPSA) is 62.2 Å². The normalized spacial score (nSPS) is 23.3. The van der Waals surface area contributed by atoms with Gasteiger partial charge in [-0.05, 0) is 6.92 Å². The molecule has 1 fully saturated rings. The summed E-state index contributed by atoms with van der Waals surface area (Å²) in [5.74, 6) is -0.428. The number of morpholine rings is 1. The quantitative estimate of drug-likeness (QED) is 0.584. The van der Waals surface area contributed by atoms with E-state index in [1.54, 1.807) is 24.9 Å². The van der Waals surface area contributed by atoms with Gasteiger partial charge in [-0.3, -0.25) is 9.59 Å². The third kappa shape index (κ3) is 2.08. The average Bonchev–Trinajstić information content (AvgIpc) is 2.65. The maximum atomic E-state index is 12.2. The fraction of sp³-hybridized carbons (Fsp3) is 0.545. The van der Waals surface area contributed by atoms with Crippen LogP contribution in [0.5, 0.6) is 0 Å².